The monoisotopic (exact) mass is 1110 g/mol. The number of aromatic nitrogens is 9. The first-order valence-electron chi connectivity index (χ1n) is 24.5. The van der Waals surface area contributed by atoms with Gasteiger partial charge in [-0.2, -0.15) is 11.3 Å². The zero-order chi connectivity index (χ0) is 51.6. The molecule has 2 aliphatic rings. The summed E-state index contributed by atoms with van der Waals surface area (Å²) in [5.41, 5.74) is 4.64. The largest absolute Gasteiger partial charge is 0.325 e. The van der Waals surface area contributed by atoms with Crippen molar-refractivity contribution in [2.24, 2.45) is 5.92 Å². The number of amides is 3. The number of thioether (sulfide) groups is 3. The smallest absolute Gasteiger partial charge is 0.269 e. The van der Waals surface area contributed by atoms with Gasteiger partial charge in [-0.3, -0.25) is 14.4 Å². The summed E-state index contributed by atoms with van der Waals surface area (Å²) in [6.07, 6.45) is 3.54. The summed E-state index contributed by atoms with van der Waals surface area (Å²) in [6.45, 7) is 7.83. The van der Waals surface area contributed by atoms with Gasteiger partial charge in [0.1, 0.15) is 4.75 Å². The highest BCUT2D eigenvalue weighted by molar-refractivity contribution is 8.01. The number of halogens is 1. The molecule has 3 aromatic carbocycles. The Balaban J connectivity index is 0.684. The van der Waals surface area contributed by atoms with Crippen LogP contribution in [0, 0.1) is 5.92 Å². The van der Waals surface area contributed by atoms with Gasteiger partial charge in [0.25, 0.3) is 5.91 Å². The van der Waals surface area contributed by atoms with Crippen LogP contribution < -0.4 is 16.0 Å². The van der Waals surface area contributed by atoms with Crippen molar-refractivity contribution in [3.8, 4) is 55.0 Å². The summed E-state index contributed by atoms with van der Waals surface area (Å²) < 4.78 is 21.0. The van der Waals surface area contributed by atoms with Gasteiger partial charge in [0.05, 0.1) is 5.25 Å². The van der Waals surface area contributed by atoms with Gasteiger partial charge in [-0.1, -0.05) is 66.0 Å². The van der Waals surface area contributed by atoms with Crippen molar-refractivity contribution in [2.75, 3.05) is 16.0 Å². The summed E-state index contributed by atoms with van der Waals surface area (Å²) in [7, 11) is 0. The summed E-state index contributed by atoms with van der Waals surface area (Å²) >= 11 is 8.38. The lowest BCUT2D eigenvalue weighted by Gasteiger charge is -2.16. The van der Waals surface area contributed by atoms with Crippen molar-refractivity contribution < 1.29 is 18.8 Å². The highest BCUT2D eigenvalue weighted by Crippen LogP contribution is 2.52. The van der Waals surface area contributed by atoms with Crippen molar-refractivity contribution in [2.45, 2.75) is 97.1 Å². The second-order valence-corrected chi connectivity index (χ2v) is 24.0. The van der Waals surface area contributed by atoms with Crippen LogP contribution in [0.2, 0.25) is 0 Å². The fourth-order valence-electron chi connectivity index (χ4n) is 8.51. The van der Waals surface area contributed by atoms with E-state index in [1.54, 1.807) is 50.7 Å². The van der Waals surface area contributed by atoms with Crippen LogP contribution in [0.1, 0.15) is 46.5 Å². The molecule has 382 valence electrons. The topological polar surface area (TPSA) is 179 Å². The van der Waals surface area contributed by atoms with Crippen molar-refractivity contribution in [1.29, 1.82) is 0 Å². The SMILES string of the molecule is CCn1c(SC(F)C(=O)Nc2ccc(-c3cc(-c4nnc(SC(C(=O)Nc5ccccc5)C5CC5)n4CC)cs3)cc2)nnc1-c1csc(-c2ccc(NC(=O)C3(Sc4nnc(-c5ccsc5)n4CC)CC3)cc2)c1. The number of anilines is 3. The Morgan fingerprint density at radius 1 is 0.600 bits per heavy atom. The molecule has 0 aliphatic heterocycles. The number of nitrogens with zero attached hydrogens (tertiary/aromatic N) is 9. The lowest BCUT2D eigenvalue weighted by Crippen LogP contribution is -2.27. The number of carbonyl (C=O) groups excluding carboxylic acids is 3. The minimum absolute atomic E-state index is 0.0268. The minimum Gasteiger partial charge on any atom is -0.325 e. The first-order chi connectivity index (χ1) is 36.6. The van der Waals surface area contributed by atoms with Gasteiger partial charge in [0.15, 0.2) is 32.9 Å². The number of carbonyl (C=O) groups is 3. The van der Waals surface area contributed by atoms with E-state index in [-0.39, 0.29) is 22.2 Å². The van der Waals surface area contributed by atoms with Crippen LogP contribution in [0.25, 0.3) is 55.0 Å². The zero-order valence-electron chi connectivity index (χ0n) is 40.8. The average molecular weight is 1110 g/mol. The highest BCUT2D eigenvalue weighted by Gasteiger charge is 2.52. The van der Waals surface area contributed by atoms with E-state index in [1.165, 1.54) is 23.5 Å². The van der Waals surface area contributed by atoms with E-state index >= 15 is 4.39 Å². The van der Waals surface area contributed by atoms with Crippen LogP contribution in [0.3, 0.4) is 0 Å². The Morgan fingerprint density at radius 3 is 1.64 bits per heavy atom. The number of hydrogen-bond donors (Lipinski definition) is 3. The fourth-order valence-corrected chi connectivity index (χ4v) is 14.2. The maximum Gasteiger partial charge on any atom is 0.269 e. The fraction of sp³-hybridized carbons (Fsp3) is 0.264. The van der Waals surface area contributed by atoms with Gasteiger partial charge in [-0.05, 0) is 135 Å². The molecule has 2 saturated carbocycles. The molecule has 2 fully saturated rings. The lowest BCUT2D eigenvalue weighted by molar-refractivity contribution is -0.118. The average Bonchev–Trinajstić information content (AvgIpc) is 3.86. The Hall–Kier alpha value is -6.43. The Bertz CT molecular complexity index is 3470. The van der Waals surface area contributed by atoms with Gasteiger partial charge >= 0.3 is 0 Å². The van der Waals surface area contributed by atoms with E-state index < -0.39 is 16.2 Å². The number of alkyl halides is 1. The first kappa shape index (κ1) is 50.7. The van der Waals surface area contributed by atoms with E-state index in [1.807, 2.05) is 109 Å². The Morgan fingerprint density at radius 2 is 1.11 bits per heavy atom. The van der Waals surface area contributed by atoms with E-state index in [0.29, 0.717) is 59.7 Å². The molecule has 9 aromatic rings. The molecular formula is C53H49FN12O3S6. The molecular weight excluding hydrogens is 1060 g/mol. The van der Waals surface area contributed by atoms with E-state index in [9.17, 15) is 14.4 Å². The maximum absolute atomic E-state index is 15.7. The molecule has 6 aromatic heterocycles. The van der Waals surface area contributed by atoms with Gasteiger partial charge in [0, 0.05) is 79.3 Å². The molecule has 75 heavy (non-hydrogen) atoms. The van der Waals surface area contributed by atoms with Crippen molar-refractivity contribution in [3.05, 3.63) is 119 Å². The van der Waals surface area contributed by atoms with Crippen molar-refractivity contribution >= 4 is 104 Å². The third-order valence-corrected chi connectivity index (χ3v) is 19.3. The van der Waals surface area contributed by atoms with Gasteiger partial charge in [-0.15, -0.1) is 53.3 Å². The molecule has 2 atom stereocenters. The number of nitrogens with one attached hydrogen (secondary N) is 3. The number of thiophene rings is 3. The maximum atomic E-state index is 15.7. The highest BCUT2D eigenvalue weighted by atomic mass is 32.2. The van der Waals surface area contributed by atoms with Crippen molar-refractivity contribution in [1.82, 2.24) is 44.3 Å². The molecule has 3 N–H and O–H groups in total. The number of hydrogen-bond acceptors (Lipinski definition) is 15. The number of rotatable bonds is 21. The first-order valence-corrected chi connectivity index (χ1v) is 29.7. The zero-order valence-corrected chi connectivity index (χ0v) is 45.7. The van der Waals surface area contributed by atoms with Crippen molar-refractivity contribution in [3.63, 3.8) is 0 Å². The van der Waals surface area contributed by atoms with Crippen LogP contribution in [-0.4, -0.2) is 77.5 Å². The normalized spacial score (nSPS) is 14.6. The van der Waals surface area contributed by atoms with Gasteiger partial charge in [-0.25, -0.2) is 4.39 Å². The summed E-state index contributed by atoms with van der Waals surface area (Å²) in [5.74, 6) is 1.52. The quantitative estimate of drug-likeness (QED) is 0.0581. The summed E-state index contributed by atoms with van der Waals surface area (Å²) in [6, 6.07) is 30.6. The molecule has 11 rings (SSSR count). The molecule has 0 radical (unpaired) electrons. The Labute approximate surface area is 456 Å². The van der Waals surface area contributed by atoms with E-state index in [2.05, 4.69) is 74.0 Å². The van der Waals surface area contributed by atoms with Crippen LogP contribution in [0.15, 0.2) is 134 Å². The molecule has 15 nitrogen and oxygen atoms in total. The molecule has 3 amide bonds. The molecule has 6 heterocycles. The van der Waals surface area contributed by atoms with Crippen LogP contribution >= 0.6 is 69.3 Å². The van der Waals surface area contributed by atoms with Gasteiger partial charge in [0.2, 0.25) is 17.3 Å². The molecule has 22 heteroatoms. The van der Waals surface area contributed by atoms with Gasteiger partial charge < -0.3 is 29.7 Å². The van der Waals surface area contributed by atoms with Crippen LogP contribution in [0.5, 0.6) is 0 Å². The number of benzene rings is 3. The third kappa shape index (κ3) is 11.0. The summed E-state index contributed by atoms with van der Waals surface area (Å²) in [4.78, 5) is 42.2. The Kier molecular flexibility index (Phi) is 14.9. The predicted octanol–water partition coefficient (Wildman–Crippen LogP) is 12.8. The minimum atomic E-state index is -1.95. The predicted molar refractivity (Wildman–Crippen MR) is 301 cm³/mol. The van der Waals surface area contributed by atoms with E-state index in [0.717, 1.165) is 85.7 Å². The standard InChI is InChI=1S/C53H49FN12O3S6/c1-4-64-45(59-61-50(64)73-42(33-12-13-33)47(67)55-37-10-8-7-9-11-37)35-26-40(71-29-35)31-14-18-38(19-15-31)56-48(68)43(54)74-51-62-60-46(65(51)5-2)36-27-41(72-30-36)32-16-20-39(21-17-32)57-49(69)53(23-24-53)75-52-63-58-44(66(52)6-3)34-22-25-70-28-34/h7-11,14-22,25-30,33,42-43H,4-6,12-13,23-24H2,1-3H3,(H,55,67)(H,56,68)(H,57,69). The molecule has 2 unspecified atom stereocenters. The van der Waals surface area contributed by atoms with Crippen LogP contribution in [0.4, 0.5) is 21.5 Å². The second kappa shape index (κ2) is 22.0. The molecule has 0 saturated heterocycles. The van der Waals surface area contributed by atoms with E-state index in [4.69, 9.17) is 0 Å². The number of para-hydroxylation sites is 1. The second-order valence-electron chi connectivity index (χ2n) is 17.9. The lowest BCUT2D eigenvalue weighted by atomic mass is 10.1. The van der Waals surface area contributed by atoms with Crippen LogP contribution in [-0.2, 0) is 34.0 Å². The third-order valence-electron chi connectivity index (χ3n) is 12.9. The molecule has 0 bridgehead atoms. The molecule has 0 spiro atoms. The summed E-state index contributed by atoms with van der Waals surface area (Å²) in [5, 5.41) is 45.2. The molecule has 2 aliphatic carbocycles.